The summed E-state index contributed by atoms with van der Waals surface area (Å²) >= 11 is 0. The Morgan fingerprint density at radius 3 is 2.16 bits per heavy atom. The van der Waals surface area contributed by atoms with Gasteiger partial charge in [-0.2, -0.15) is 0 Å². The van der Waals surface area contributed by atoms with E-state index in [0.29, 0.717) is 22.9 Å². The van der Waals surface area contributed by atoms with Crippen LogP contribution in [0.1, 0.15) is 32.4 Å². The Hall–Kier alpha value is -1.88. The highest BCUT2D eigenvalue weighted by Gasteiger charge is 2.18. The van der Waals surface area contributed by atoms with Crippen molar-refractivity contribution >= 4 is 11.0 Å². The third kappa shape index (κ3) is 2.61. The monoisotopic (exact) mass is 261 g/mol. The molecule has 0 amide bonds. The summed E-state index contributed by atoms with van der Waals surface area (Å²) in [6.07, 6.45) is 0. The molecule has 2 aromatic rings. The molecule has 2 rings (SSSR count). The molecule has 0 saturated heterocycles. The molecule has 0 spiro atoms. The SMILES string of the molecule is CC(C)C(C)C(N)c1ccc2[nH]c(=O)c(=O)[nH]c2c1. The molecule has 1 heterocycles. The minimum Gasteiger partial charge on any atom is -0.324 e. The van der Waals surface area contributed by atoms with Crippen LogP contribution < -0.4 is 16.9 Å². The van der Waals surface area contributed by atoms with E-state index in [1.54, 1.807) is 6.07 Å². The third-order valence-corrected chi connectivity index (χ3v) is 3.75. The van der Waals surface area contributed by atoms with E-state index >= 15 is 0 Å². The van der Waals surface area contributed by atoms with E-state index in [1.165, 1.54) is 0 Å². The quantitative estimate of drug-likeness (QED) is 0.731. The Bertz CT molecular complexity index is 700. The van der Waals surface area contributed by atoms with Crippen molar-refractivity contribution in [2.75, 3.05) is 0 Å². The van der Waals surface area contributed by atoms with Gasteiger partial charge in [0.1, 0.15) is 0 Å². The summed E-state index contributed by atoms with van der Waals surface area (Å²) in [5.74, 6) is 0.798. The minimum absolute atomic E-state index is 0.0974. The number of fused-ring (bicyclic) bond motifs is 1. The molecule has 1 aromatic carbocycles. The molecule has 102 valence electrons. The molecule has 1 aromatic heterocycles. The van der Waals surface area contributed by atoms with Crippen molar-refractivity contribution in [3.8, 4) is 0 Å². The van der Waals surface area contributed by atoms with Gasteiger partial charge >= 0.3 is 11.1 Å². The third-order valence-electron chi connectivity index (χ3n) is 3.75. The first-order chi connectivity index (χ1) is 8.90. The number of aromatic amines is 2. The lowest BCUT2D eigenvalue weighted by Gasteiger charge is -2.23. The first kappa shape index (κ1) is 13.5. The van der Waals surface area contributed by atoms with Crippen LogP contribution in [-0.4, -0.2) is 9.97 Å². The molecule has 4 N–H and O–H groups in total. The number of rotatable bonds is 3. The van der Waals surface area contributed by atoms with E-state index in [0.717, 1.165) is 5.56 Å². The lowest BCUT2D eigenvalue weighted by molar-refractivity contribution is 0.352. The molecule has 0 aliphatic heterocycles. The summed E-state index contributed by atoms with van der Waals surface area (Å²) in [5, 5.41) is 0. The van der Waals surface area contributed by atoms with Crippen LogP contribution in [0.3, 0.4) is 0 Å². The second-order valence-corrected chi connectivity index (χ2v) is 5.34. The summed E-state index contributed by atoms with van der Waals surface area (Å²) in [5.41, 5.74) is 7.12. The summed E-state index contributed by atoms with van der Waals surface area (Å²) in [6.45, 7) is 6.37. The van der Waals surface area contributed by atoms with Crippen molar-refractivity contribution in [3.63, 3.8) is 0 Å². The standard InChI is InChI=1S/C14H19N3O2/c1-7(2)8(3)12(15)9-4-5-10-11(6-9)17-14(19)13(18)16-10/h4-8,12H,15H2,1-3H3,(H,16,18)(H,17,19). The molecular weight excluding hydrogens is 242 g/mol. The molecule has 0 aliphatic rings. The van der Waals surface area contributed by atoms with Crippen molar-refractivity contribution in [1.82, 2.24) is 9.97 Å². The molecule has 19 heavy (non-hydrogen) atoms. The normalized spacial score (nSPS) is 14.8. The van der Waals surface area contributed by atoms with Crippen molar-refractivity contribution in [2.45, 2.75) is 26.8 Å². The number of H-pyrrole nitrogens is 2. The lowest BCUT2D eigenvalue weighted by Crippen LogP contribution is -2.29. The average molecular weight is 261 g/mol. The van der Waals surface area contributed by atoms with Crippen molar-refractivity contribution < 1.29 is 0 Å². The molecule has 2 atom stereocenters. The van der Waals surface area contributed by atoms with Gasteiger partial charge in [-0.15, -0.1) is 0 Å². The van der Waals surface area contributed by atoms with Crippen LogP contribution in [0.15, 0.2) is 27.8 Å². The van der Waals surface area contributed by atoms with E-state index < -0.39 is 11.1 Å². The number of benzene rings is 1. The Balaban J connectivity index is 2.50. The highest BCUT2D eigenvalue weighted by atomic mass is 16.2. The maximum atomic E-state index is 11.3. The number of aromatic nitrogens is 2. The smallest absolute Gasteiger partial charge is 0.314 e. The van der Waals surface area contributed by atoms with Gasteiger partial charge < -0.3 is 15.7 Å². The second-order valence-electron chi connectivity index (χ2n) is 5.34. The first-order valence-electron chi connectivity index (χ1n) is 6.42. The fraction of sp³-hybridized carbons (Fsp3) is 0.429. The molecule has 0 saturated carbocycles. The fourth-order valence-electron chi connectivity index (χ4n) is 2.06. The van der Waals surface area contributed by atoms with Gasteiger partial charge in [-0.05, 0) is 29.5 Å². The van der Waals surface area contributed by atoms with Gasteiger partial charge in [-0.3, -0.25) is 9.59 Å². The zero-order valence-electron chi connectivity index (χ0n) is 11.4. The topological polar surface area (TPSA) is 91.7 Å². The predicted molar refractivity (Wildman–Crippen MR) is 76.1 cm³/mol. The first-order valence-corrected chi connectivity index (χ1v) is 6.42. The second kappa shape index (κ2) is 5.01. The summed E-state index contributed by atoms with van der Waals surface area (Å²) in [7, 11) is 0. The molecule has 2 unspecified atom stereocenters. The van der Waals surface area contributed by atoms with Crippen molar-refractivity contribution in [1.29, 1.82) is 0 Å². The van der Waals surface area contributed by atoms with E-state index in [-0.39, 0.29) is 6.04 Å². The van der Waals surface area contributed by atoms with E-state index in [9.17, 15) is 9.59 Å². The van der Waals surface area contributed by atoms with Crippen LogP contribution in [0.5, 0.6) is 0 Å². The number of nitrogens with one attached hydrogen (secondary N) is 2. The maximum Gasteiger partial charge on any atom is 0.314 e. The van der Waals surface area contributed by atoms with Crippen molar-refractivity contribution in [2.24, 2.45) is 17.6 Å². The van der Waals surface area contributed by atoms with Gasteiger partial charge in [0.05, 0.1) is 11.0 Å². The summed E-state index contributed by atoms with van der Waals surface area (Å²) in [6, 6.07) is 5.39. The Labute approximate surface area is 110 Å². The highest BCUT2D eigenvalue weighted by molar-refractivity contribution is 5.74. The van der Waals surface area contributed by atoms with Gasteiger partial charge in [-0.1, -0.05) is 26.8 Å². The molecule has 0 bridgehead atoms. The van der Waals surface area contributed by atoms with Gasteiger partial charge in [-0.25, -0.2) is 0 Å². The molecule has 5 nitrogen and oxygen atoms in total. The van der Waals surface area contributed by atoms with Crippen molar-refractivity contribution in [3.05, 3.63) is 44.5 Å². The molecule has 0 aliphatic carbocycles. The fourth-order valence-corrected chi connectivity index (χ4v) is 2.06. The Kier molecular flexibility index (Phi) is 3.57. The zero-order valence-corrected chi connectivity index (χ0v) is 11.4. The average Bonchev–Trinajstić information content (AvgIpc) is 2.37. The Morgan fingerprint density at radius 1 is 1.00 bits per heavy atom. The zero-order chi connectivity index (χ0) is 14.2. The lowest BCUT2D eigenvalue weighted by atomic mass is 9.86. The molecule has 0 radical (unpaired) electrons. The van der Waals surface area contributed by atoms with Gasteiger partial charge in [0.25, 0.3) is 0 Å². The largest absolute Gasteiger partial charge is 0.324 e. The van der Waals surface area contributed by atoms with Gasteiger partial charge in [0.15, 0.2) is 0 Å². The van der Waals surface area contributed by atoms with Crippen LogP contribution in [0.4, 0.5) is 0 Å². The summed E-state index contributed by atoms with van der Waals surface area (Å²) < 4.78 is 0. The summed E-state index contributed by atoms with van der Waals surface area (Å²) in [4.78, 5) is 27.7. The number of nitrogens with two attached hydrogens (primary N) is 1. The number of hydrogen-bond donors (Lipinski definition) is 3. The Morgan fingerprint density at radius 2 is 1.58 bits per heavy atom. The highest BCUT2D eigenvalue weighted by Crippen LogP contribution is 2.26. The van der Waals surface area contributed by atoms with Crippen LogP contribution in [0, 0.1) is 11.8 Å². The maximum absolute atomic E-state index is 11.3. The van der Waals surface area contributed by atoms with E-state index in [1.807, 2.05) is 12.1 Å². The molecule has 5 heteroatoms. The minimum atomic E-state index is -0.643. The molecular formula is C14H19N3O2. The van der Waals surface area contributed by atoms with E-state index in [2.05, 4.69) is 30.7 Å². The predicted octanol–water partition coefficient (Wildman–Crippen LogP) is 1.51. The van der Waals surface area contributed by atoms with Gasteiger partial charge in [0.2, 0.25) is 0 Å². The van der Waals surface area contributed by atoms with Crippen LogP contribution in [0.25, 0.3) is 11.0 Å². The van der Waals surface area contributed by atoms with E-state index in [4.69, 9.17) is 5.73 Å². The number of hydrogen-bond acceptors (Lipinski definition) is 3. The molecule has 0 fully saturated rings. The van der Waals surface area contributed by atoms with Crippen LogP contribution in [0.2, 0.25) is 0 Å². The van der Waals surface area contributed by atoms with Gasteiger partial charge in [0, 0.05) is 6.04 Å². The van der Waals surface area contributed by atoms with Crippen LogP contribution in [-0.2, 0) is 0 Å². The van der Waals surface area contributed by atoms with Crippen LogP contribution >= 0.6 is 0 Å².